The molecular formula is C15H21FN4. The third-order valence-corrected chi connectivity index (χ3v) is 3.52. The van der Waals surface area contributed by atoms with Gasteiger partial charge < -0.3 is 5.32 Å². The summed E-state index contributed by atoms with van der Waals surface area (Å²) in [5, 5.41) is 7.71. The minimum atomic E-state index is -0.273. The Morgan fingerprint density at radius 3 is 2.80 bits per heavy atom. The molecule has 0 saturated carbocycles. The van der Waals surface area contributed by atoms with Gasteiger partial charge in [-0.25, -0.2) is 4.39 Å². The molecule has 1 unspecified atom stereocenters. The molecule has 0 aliphatic heterocycles. The van der Waals surface area contributed by atoms with Crippen LogP contribution in [0.2, 0.25) is 0 Å². The van der Waals surface area contributed by atoms with Gasteiger partial charge in [-0.05, 0) is 32.5 Å². The Morgan fingerprint density at radius 2 is 2.20 bits per heavy atom. The van der Waals surface area contributed by atoms with Crippen molar-refractivity contribution in [3.8, 4) is 0 Å². The molecule has 108 valence electrons. The van der Waals surface area contributed by atoms with E-state index in [1.165, 1.54) is 6.20 Å². The number of nitrogens with one attached hydrogen (secondary N) is 1. The van der Waals surface area contributed by atoms with E-state index >= 15 is 0 Å². The Bertz CT molecular complexity index is 565. The number of halogens is 1. The molecule has 1 atom stereocenters. The minimum absolute atomic E-state index is 0.0790. The van der Waals surface area contributed by atoms with Crippen molar-refractivity contribution in [1.29, 1.82) is 0 Å². The van der Waals surface area contributed by atoms with Gasteiger partial charge in [-0.1, -0.05) is 6.92 Å². The van der Waals surface area contributed by atoms with Crippen LogP contribution in [0, 0.1) is 5.82 Å². The number of rotatable bonds is 6. The molecule has 0 fully saturated rings. The number of aromatic nitrogens is 3. The first-order chi connectivity index (χ1) is 9.69. The van der Waals surface area contributed by atoms with Gasteiger partial charge in [0.05, 0.1) is 11.9 Å². The van der Waals surface area contributed by atoms with Gasteiger partial charge in [-0.2, -0.15) is 5.10 Å². The van der Waals surface area contributed by atoms with Crippen LogP contribution >= 0.6 is 0 Å². The summed E-state index contributed by atoms with van der Waals surface area (Å²) in [6.45, 7) is 4.98. The zero-order valence-corrected chi connectivity index (χ0v) is 12.2. The molecule has 20 heavy (non-hydrogen) atoms. The molecule has 0 aliphatic rings. The SMILES string of the molecule is CCc1cc(CC(NC)c2ccncc2F)n(CC)n1. The summed E-state index contributed by atoms with van der Waals surface area (Å²) in [4.78, 5) is 3.80. The maximum absolute atomic E-state index is 13.9. The summed E-state index contributed by atoms with van der Waals surface area (Å²) >= 11 is 0. The molecule has 0 radical (unpaired) electrons. The fourth-order valence-electron chi connectivity index (χ4n) is 2.37. The molecule has 0 aromatic carbocycles. The van der Waals surface area contributed by atoms with E-state index in [-0.39, 0.29) is 11.9 Å². The molecular weight excluding hydrogens is 255 g/mol. The lowest BCUT2D eigenvalue weighted by atomic mass is 10.0. The van der Waals surface area contributed by atoms with Crippen molar-refractivity contribution in [2.24, 2.45) is 0 Å². The molecule has 5 heteroatoms. The summed E-state index contributed by atoms with van der Waals surface area (Å²) in [7, 11) is 1.85. The predicted octanol–water partition coefficient (Wildman–Crippen LogP) is 2.50. The van der Waals surface area contributed by atoms with Crippen LogP contribution in [0.3, 0.4) is 0 Å². The van der Waals surface area contributed by atoms with E-state index in [0.29, 0.717) is 12.0 Å². The lowest BCUT2D eigenvalue weighted by Crippen LogP contribution is -2.21. The fraction of sp³-hybridized carbons (Fsp3) is 0.467. The highest BCUT2D eigenvalue weighted by Gasteiger charge is 2.17. The van der Waals surface area contributed by atoms with Crippen LogP contribution in [-0.2, 0) is 19.4 Å². The Labute approximate surface area is 119 Å². The molecule has 0 bridgehead atoms. The minimum Gasteiger partial charge on any atom is -0.313 e. The van der Waals surface area contributed by atoms with Crippen molar-refractivity contribution in [3.63, 3.8) is 0 Å². The van der Waals surface area contributed by atoms with Crippen LogP contribution < -0.4 is 5.32 Å². The number of hydrogen-bond donors (Lipinski definition) is 1. The topological polar surface area (TPSA) is 42.7 Å². The zero-order valence-electron chi connectivity index (χ0n) is 12.2. The highest BCUT2D eigenvalue weighted by atomic mass is 19.1. The van der Waals surface area contributed by atoms with Crippen molar-refractivity contribution in [3.05, 3.63) is 47.3 Å². The highest BCUT2D eigenvalue weighted by Crippen LogP contribution is 2.21. The molecule has 2 heterocycles. The van der Waals surface area contributed by atoms with Crippen LogP contribution in [0.1, 0.15) is 36.8 Å². The van der Waals surface area contributed by atoms with Gasteiger partial charge in [0.25, 0.3) is 0 Å². The molecule has 2 rings (SSSR count). The molecule has 1 N–H and O–H groups in total. The average Bonchev–Trinajstić information content (AvgIpc) is 2.88. The van der Waals surface area contributed by atoms with Gasteiger partial charge in [0.2, 0.25) is 0 Å². The second-order valence-electron chi connectivity index (χ2n) is 4.74. The average molecular weight is 276 g/mol. The van der Waals surface area contributed by atoms with Crippen molar-refractivity contribution >= 4 is 0 Å². The molecule has 0 spiro atoms. The standard InChI is InChI=1S/C15H21FN4/c1-4-11-8-12(20(5-2)19-11)9-15(17-3)13-6-7-18-10-14(13)16/h6-8,10,15,17H,4-5,9H2,1-3H3. The number of hydrogen-bond acceptors (Lipinski definition) is 3. The van der Waals surface area contributed by atoms with Gasteiger partial charge in [0.1, 0.15) is 5.82 Å². The molecule has 0 aliphatic carbocycles. The van der Waals surface area contributed by atoms with E-state index in [9.17, 15) is 4.39 Å². The fourth-order valence-corrected chi connectivity index (χ4v) is 2.37. The largest absolute Gasteiger partial charge is 0.313 e. The quantitative estimate of drug-likeness (QED) is 0.881. The number of pyridine rings is 1. The third kappa shape index (κ3) is 3.04. The Morgan fingerprint density at radius 1 is 1.40 bits per heavy atom. The summed E-state index contributed by atoms with van der Waals surface area (Å²) in [5.74, 6) is -0.273. The van der Waals surface area contributed by atoms with Gasteiger partial charge in [-0.3, -0.25) is 9.67 Å². The van der Waals surface area contributed by atoms with Crippen molar-refractivity contribution in [2.75, 3.05) is 7.05 Å². The second-order valence-corrected chi connectivity index (χ2v) is 4.74. The molecule has 0 saturated heterocycles. The van der Waals surface area contributed by atoms with Gasteiger partial charge >= 0.3 is 0 Å². The molecule has 2 aromatic rings. The van der Waals surface area contributed by atoms with E-state index in [0.717, 1.165) is 24.4 Å². The molecule has 0 amide bonds. The molecule has 4 nitrogen and oxygen atoms in total. The van der Waals surface area contributed by atoms with E-state index in [1.54, 1.807) is 12.3 Å². The smallest absolute Gasteiger partial charge is 0.146 e. The van der Waals surface area contributed by atoms with Crippen molar-refractivity contribution in [1.82, 2.24) is 20.1 Å². The summed E-state index contributed by atoms with van der Waals surface area (Å²) < 4.78 is 15.8. The van der Waals surface area contributed by atoms with Crippen molar-refractivity contribution < 1.29 is 4.39 Å². The van der Waals surface area contributed by atoms with Crippen LogP contribution in [-0.4, -0.2) is 21.8 Å². The van der Waals surface area contributed by atoms with Gasteiger partial charge in [0, 0.05) is 36.5 Å². The Kier molecular flexibility index (Phi) is 4.84. The zero-order chi connectivity index (χ0) is 14.5. The first-order valence-corrected chi connectivity index (χ1v) is 7.01. The monoisotopic (exact) mass is 276 g/mol. The highest BCUT2D eigenvalue weighted by molar-refractivity contribution is 5.21. The summed E-state index contributed by atoms with van der Waals surface area (Å²) in [6, 6.07) is 3.75. The van der Waals surface area contributed by atoms with E-state index in [1.807, 2.05) is 11.7 Å². The van der Waals surface area contributed by atoms with Gasteiger partial charge in [-0.15, -0.1) is 0 Å². The Hall–Kier alpha value is -1.75. The van der Waals surface area contributed by atoms with Gasteiger partial charge in [0.15, 0.2) is 0 Å². The van der Waals surface area contributed by atoms with Crippen molar-refractivity contribution in [2.45, 2.75) is 39.3 Å². The lowest BCUT2D eigenvalue weighted by molar-refractivity contribution is 0.508. The first kappa shape index (κ1) is 14.7. The number of likely N-dealkylation sites (N-methyl/N-ethyl adjacent to an activating group) is 1. The van der Waals surface area contributed by atoms with E-state index < -0.39 is 0 Å². The maximum Gasteiger partial charge on any atom is 0.146 e. The number of aryl methyl sites for hydroxylation is 2. The first-order valence-electron chi connectivity index (χ1n) is 7.01. The van der Waals surface area contributed by atoms with E-state index in [2.05, 4.69) is 35.3 Å². The van der Waals surface area contributed by atoms with Crippen LogP contribution in [0.5, 0.6) is 0 Å². The summed E-state index contributed by atoms with van der Waals surface area (Å²) in [6.07, 6.45) is 4.50. The Balaban J connectivity index is 2.26. The third-order valence-electron chi connectivity index (χ3n) is 3.52. The summed E-state index contributed by atoms with van der Waals surface area (Å²) in [5.41, 5.74) is 2.84. The molecule has 2 aromatic heterocycles. The van der Waals surface area contributed by atoms with Crippen LogP contribution in [0.15, 0.2) is 24.5 Å². The van der Waals surface area contributed by atoms with Crippen LogP contribution in [0.25, 0.3) is 0 Å². The van der Waals surface area contributed by atoms with Crippen LogP contribution in [0.4, 0.5) is 4.39 Å². The van der Waals surface area contributed by atoms with E-state index in [4.69, 9.17) is 0 Å². The second kappa shape index (κ2) is 6.61. The normalized spacial score (nSPS) is 12.6. The maximum atomic E-state index is 13.9. The lowest BCUT2D eigenvalue weighted by Gasteiger charge is -2.17. The number of nitrogens with zero attached hydrogens (tertiary/aromatic N) is 3. The predicted molar refractivity (Wildman–Crippen MR) is 77.0 cm³/mol.